The first kappa shape index (κ1) is 14.3. The first-order valence-electron chi connectivity index (χ1n) is 7.24. The van der Waals surface area contributed by atoms with Crippen LogP contribution in [-0.4, -0.2) is 38.3 Å². The number of aromatic nitrogens is 1. The Morgan fingerprint density at radius 2 is 2.42 bits per heavy atom. The van der Waals surface area contributed by atoms with Gasteiger partial charge in [0.1, 0.15) is 5.82 Å². The van der Waals surface area contributed by atoms with Crippen LogP contribution in [0.3, 0.4) is 0 Å². The third-order valence-electron chi connectivity index (χ3n) is 3.58. The van der Waals surface area contributed by atoms with Crippen molar-refractivity contribution in [3.05, 3.63) is 23.9 Å². The molecule has 1 aliphatic rings. The number of pyridine rings is 1. The molecule has 1 saturated heterocycles. The quantitative estimate of drug-likeness (QED) is 0.852. The summed E-state index contributed by atoms with van der Waals surface area (Å²) in [6.45, 7) is 6.82. The van der Waals surface area contributed by atoms with E-state index in [1.807, 2.05) is 12.3 Å². The summed E-state index contributed by atoms with van der Waals surface area (Å²) in [6.07, 6.45) is 4.32. The highest BCUT2D eigenvalue weighted by Crippen LogP contribution is 2.20. The second kappa shape index (κ2) is 7.46. The van der Waals surface area contributed by atoms with Crippen LogP contribution >= 0.6 is 0 Å². The maximum absolute atomic E-state index is 5.55. The Labute approximate surface area is 116 Å². The molecule has 0 saturated carbocycles. The highest BCUT2D eigenvalue weighted by molar-refractivity contribution is 5.45. The third kappa shape index (κ3) is 4.18. The largest absolute Gasteiger partial charge is 0.381 e. The van der Waals surface area contributed by atoms with Gasteiger partial charge in [0.25, 0.3) is 0 Å². The standard InChI is InChI=1S/C15H25N3O/c1-3-16-10-14-7-4-8-17-15(14)18(2)11-13-6-5-9-19-12-13/h4,7-8,13,16H,3,5-6,9-12H2,1-2H3. The molecule has 1 aromatic rings. The number of ether oxygens (including phenoxy) is 1. The highest BCUT2D eigenvalue weighted by Gasteiger charge is 2.17. The van der Waals surface area contributed by atoms with Crippen LogP contribution in [-0.2, 0) is 11.3 Å². The molecule has 0 amide bonds. The van der Waals surface area contributed by atoms with Crippen LogP contribution in [0.4, 0.5) is 5.82 Å². The van der Waals surface area contributed by atoms with Gasteiger partial charge in [0.2, 0.25) is 0 Å². The zero-order valence-electron chi connectivity index (χ0n) is 12.1. The van der Waals surface area contributed by atoms with Gasteiger partial charge >= 0.3 is 0 Å². The molecule has 106 valence electrons. The zero-order valence-corrected chi connectivity index (χ0v) is 12.1. The van der Waals surface area contributed by atoms with Crippen molar-refractivity contribution < 1.29 is 4.74 Å². The second-order valence-electron chi connectivity index (χ2n) is 5.23. The molecule has 2 heterocycles. The third-order valence-corrected chi connectivity index (χ3v) is 3.58. The van der Waals surface area contributed by atoms with E-state index in [0.717, 1.165) is 38.7 Å². The van der Waals surface area contributed by atoms with Crippen LogP contribution in [0.15, 0.2) is 18.3 Å². The lowest BCUT2D eigenvalue weighted by molar-refractivity contribution is 0.0576. The second-order valence-corrected chi connectivity index (χ2v) is 5.23. The Morgan fingerprint density at radius 3 is 3.16 bits per heavy atom. The average molecular weight is 263 g/mol. The SMILES string of the molecule is CCNCc1cccnc1N(C)CC1CCCOC1. The lowest BCUT2D eigenvalue weighted by atomic mass is 10.0. The summed E-state index contributed by atoms with van der Waals surface area (Å²) < 4.78 is 5.55. The van der Waals surface area contributed by atoms with Crippen molar-refractivity contribution in [3.8, 4) is 0 Å². The molecule has 4 heteroatoms. The first-order chi connectivity index (χ1) is 9.31. The number of anilines is 1. The molecule has 0 bridgehead atoms. The molecule has 2 rings (SSSR count). The molecule has 4 nitrogen and oxygen atoms in total. The van der Waals surface area contributed by atoms with Crippen molar-refractivity contribution in [2.45, 2.75) is 26.3 Å². The van der Waals surface area contributed by atoms with E-state index in [-0.39, 0.29) is 0 Å². The van der Waals surface area contributed by atoms with E-state index in [4.69, 9.17) is 4.74 Å². The fourth-order valence-electron chi connectivity index (χ4n) is 2.60. The van der Waals surface area contributed by atoms with Crippen molar-refractivity contribution in [3.63, 3.8) is 0 Å². The van der Waals surface area contributed by atoms with Gasteiger partial charge in [-0.3, -0.25) is 0 Å². The highest BCUT2D eigenvalue weighted by atomic mass is 16.5. The fourth-order valence-corrected chi connectivity index (χ4v) is 2.60. The molecule has 1 unspecified atom stereocenters. The van der Waals surface area contributed by atoms with E-state index in [9.17, 15) is 0 Å². The molecular weight excluding hydrogens is 238 g/mol. The summed E-state index contributed by atoms with van der Waals surface area (Å²) in [7, 11) is 2.13. The van der Waals surface area contributed by atoms with Gasteiger partial charge in [-0.25, -0.2) is 4.98 Å². The molecule has 1 aromatic heterocycles. The molecule has 1 N–H and O–H groups in total. The normalized spacial score (nSPS) is 19.4. The molecule has 1 aliphatic heterocycles. The number of nitrogens with one attached hydrogen (secondary N) is 1. The summed E-state index contributed by atoms with van der Waals surface area (Å²) in [5, 5.41) is 3.37. The number of hydrogen-bond donors (Lipinski definition) is 1. The number of nitrogens with zero attached hydrogens (tertiary/aromatic N) is 2. The van der Waals surface area contributed by atoms with Gasteiger partial charge in [-0.05, 0) is 31.4 Å². The van der Waals surface area contributed by atoms with Gasteiger partial charge in [0.15, 0.2) is 0 Å². The van der Waals surface area contributed by atoms with Crippen molar-refractivity contribution in [1.82, 2.24) is 10.3 Å². The fraction of sp³-hybridized carbons (Fsp3) is 0.667. The van der Waals surface area contributed by atoms with Crippen molar-refractivity contribution >= 4 is 5.82 Å². The maximum atomic E-state index is 5.55. The van der Waals surface area contributed by atoms with Gasteiger partial charge in [-0.15, -0.1) is 0 Å². The van der Waals surface area contributed by atoms with Crippen molar-refractivity contribution in [2.24, 2.45) is 5.92 Å². The Hall–Kier alpha value is -1.13. The monoisotopic (exact) mass is 263 g/mol. The maximum Gasteiger partial charge on any atom is 0.132 e. The predicted octanol–water partition coefficient (Wildman–Crippen LogP) is 2.05. The molecule has 0 aliphatic carbocycles. The minimum Gasteiger partial charge on any atom is -0.381 e. The smallest absolute Gasteiger partial charge is 0.132 e. The minimum atomic E-state index is 0.632. The molecule has 0 spiro atoms. The van der Waals surface area contributed by atoms with E-state index < -0.39 is 0 Å². The molecular formula is C15H25N3O. The molecule has 0 aromatic carbocycles. The summed E-state index contributed by atoms with van der Waals surface area (Å²) in [6, 6.07) is 4.16. The van der Waals surface area contributed by atoms with Crippen molar-refractivity contribution in [2.75, 3.05) is 38.3 Å². The molecule has 1 fully saturated rings. The summed E-state index contributed by atoms with van der Waals surface area (Å²) in [5.41, 5.74) is 1.27. The molecule has 0 radical (unpaired) electrons. The van der Waals surface area contributed by atoms with E-state index in [1.54, 1.807) is 0 Å². The van der Waals surface area contributed by atoms with Crippen LogP contribution in [0.5, 0.6) is 0 Å². The number of hydrogen-bond acceptors (Lipinski definition) is 4. The van der Waals surface area contributed by atoms with Gasteiger partial charge in [0, 0.05) is 38.5 Å². The summed E-state index contributed by atoms with van der Waals surface area (Å²) in [4.78, 5) is 6.81. The molecule has 1 atom stereocenters. The summed E-state index contributed by atoms with van der Waals surface area (Å²) >= 11 is 0. The topological polar surface area (TPSA) is 37.4 Å². The zero-order chi connectivity index (χ0) is 13.5. The van der Waals surface area contributed by atoms with Crippen LogP contribution in [0.25, 0.3) is 0 Å². The Balaban J connectivity index is 1.98. The predicted molar refractivity (Wildman–Crippen MR) is 78.4 cm³/mol. The van der Waals surface area contributed by atoms with Crippen molar-refractivity contribution in [1.29, 1.82) is 0 Å². The Morgan fingerprint density at radius 1 is 1.53 bits per heavy atom. The van der Waals surface area contributed by atoms with E-state index in [1.165, 1.54) is 18.4 Å². The van der Waals surface area contributed by atoms with Crippen LogP contribution in [0.1, 0.15) is 25.3 Å². The van der Waals surface area contributed by atoms with Crippen LogP contribution in [0, 0.1) is 5.92 Å². The lowest BCUT2D eigenvalue weighted by Crippen LogP contribution is -2.32. The summed E-state index contributed by atoms with van der Waals surface area (Å²) in [5.74, 6) is 1.72. The number of rotatable bonds is 6. The average Bonchev–Trinajstić information content (AvgIpc) is 2.46. The Bertz CT molecular complexity index is 377. The van der Waals surface area contributed by atoms with Crippen LogP contribution in [0.2, 0.25) is 0 Å². The molecule has 19 heavy (non-hydrogen) atoms. The minimum absolute atomic E-state index is 0.632. The first-order valence-corrected chi connectivity index (χ1v) is 7.24. The van der Waals surface area contributed by atoms with Gasteiger partial charge in [0.05, 0.1) is 6.61 Å². The van der Waals surface area contributed by atoms with Gasteiger partial charge in [-0.2, -0.15) is 0 Å². The van der Waals surface area contributed by atoms with E-state index >= 15 is 0 Å². The van der Waals surface area contributed by atoms with E-state index in [2.05, 4.69) is 35.2 Å². The van der Waals surface area contributed by atoms with E-state index in [0.29, 0.717) is 5.92 Å². The lowest BCUT2D eigenvalue weighted by Gasteiger charge is -2.28. The van der Waals surface area contributed by atoms with Crippen LogP contribution < -0.4 is 10.2 Å². The van der Waals surface area contributed by atoms with Gasteiger partial charge in [-0.1, -0.05) is 13.0 Å². The Kier molecular flexibility index (Phi) is 5.61. The van der Waals surface area contributed by atoms with Gasteiger partial charge < -0.3 is 15.0 Å².